The van der Waals surface area contributed by atoms with Gasteiger partial charge < -0.3 is 15.7 Å². The summed E-state index contributed by atoms with van der Waals surface area (Å²) in [4.78, 5) is 4.02. The molecule has 3 heterocycles. The van der Waals surface area contributed by atoms with Crippen molar-refractivity contribution in [1.29, 1.82) is 0 Å². The normalized spacial score (nSPS) is 19.7. The van der Waals surface area contributed by atoms with Crippen molar-refractivity contribution in [2.24, 2.45) is 0 Å². The Labute approximate surface area is 210 Å². The molecule has 17 heteroatoms. The Morgan fingerprint density at radius 2 is 1.84 bits per heavy atom. The lowest BCUT2D eigenvalue weighted by Crippen LogP contribution is -2.54. The number of aromatic nitrogens is 3. The third-order valence-electron chi connectivity index (χ3n) is 5.90. The highest BCUT2D eigenvalue weighted by Gasteiger charge is 2.60. The smallest absolute Gasteiger partial charge is 0.399 e. The van der Waals surface area contributed by atoms with Crippen molar-refractivity contribution in [3.8, 4) is 0 Å². The van der Waals surface area contributed by atoms with Crippen LogP contribution in [0.3, 0.4) is 0 Å². The van der Waals surface area contributed by atoms with E-state index in [9.17, 15) is 39.9 Å². The second kappa shape index (κ2) is 9.14. The van der Waals surface area contributed by atoms with E-state index in [0.29, 0.717) is 0 Å². The Morgan fingerprint density at radius 1 is 1.14 bits per heavy atom. The Kier molecular flexibility index (Phi) is 6.71. The second-order valence-corrected chi connectivity index (χ2v) is 11.5. The highest BCUT2D eigenvalue weighted by molar-refractivity contribution is 7.91. The summed E-state index contributed by atoms with van der Waals surface area (Å²) in [5, 5.41) is 15.8. The molecule has 0 bridgehead atoms. The van der Waals surface area contributed by atoms with Crippen LogP contribution in [0.15, 0.2) is 40.9 Å². The molecular formula is C20H20F6N6O3S2. The highest BCUT2D eigenvalue weighted by Crippen LogP contribution is 2.46. The first-order valence-electron chi connectivity index (χ1n) is 10.6. The minimum absolute atomic E-state index is 0.0806. The van der Waals surface area contributed by atoms with Gasteiger partial charge in [-0.2, -0.15) is 35.7 Å². The number of H-pyrrole nitrogens is 1. The van der Waals surface area contributed by atoms with Crippen LogP contribution in [-0.2, 0) is 21.8 Å². The minimum atomic E-state index is -5.26. The van der Waals surface area contributed by atoms with Gasteiger partial charge in [0.2, 0.25) is 0 Å². The summed E-state index contributed by atoms with van der Waals surface area (Å²) >= 11 is 0.208. The average Bonchev–Trinajstić information content (AvgIpc) is 3.50. The topological polar surface area (TPSA) is 128 Å². The Morgan fingerprint density at radius 3 is 2.41 bits per heavy atom. The summed E-state index contributed by atoms with van der Waals surface area (Å²) in [6, 6.07) is 4.25. The van der Waals surface area contributed by atoms with Crippen LogP contribution in [0.5, 0.6) is 0 Å². The third kappa shape index (κ3) is 4.75. The number of nitrogen functional groups attached to an aromatic ring is 1. The fourth-order valence-corrected chi connectivity index (χ4v) is 7.27. The van der Waals surface area contributed by atoms with Crippen LogP contribution in [0.4, 0.5) is 37.7 Å². The summed E-state index contributed by atoms with van der Waals surface area (Å²) in [6.07, 6.45) is -9.18. The van der Waals surface area contributed by atoms with Gasteiger partial charge in [-0.05, 0) is 37.3 Å². The summed E-state index contributed by atoms with van der Waals surface area (Å²) in [7, 11) is -4.36. The van der Waals surface area contributed by atoms with E-state index in [-0.39, 0.29) is 42.3 Å². The van der Waals surface area contributed by atoms with Gasteiger partial charge in [-0.3, -0.25) is 5.10 Å². The molecule has 202 valence electrons. The predicted molar refractivity (Wildman–Crippen MR) is 121 cm³/mol. The van der Waals surface area contributed by atoms with E-state index in [2.05, 4.69) is 10.1 Å². The van der Waals surface area contributed by atoms with Crippen molar-refractivity contribution in [3.63, 3.8) is 0 Å². The highest BCUT2D eigenvalue weighted by atomic mass is 32.2. The van der Waals surface area contributed by atoms with Crippen LogP contribution in [-0.4, -0.2) is 64.9 Å². The van der Waals surface area contributed by atoms with Crippen molar-refractivity contribution < 1.29 is 39.9 Å². The molecule has 1 saturated heterocycles. The number of aromatic amines is 1. The molecule has 37 heavy (non-hydrogen) atoms. The van der Waals surface area contributed by atoms with Crippen molar-refractivity contribution >= 4 is 32.7 Å². The van der Waals surface area contributed by atoms with Gasteiger partial charge in [-0.25, -0.2) is 13.4 Å². The number of nitrogens with one attached hydrogen (secondary N) is 1. The molecule has 1 aromatic carbocycles. The zero-order valence-electron chi connectivity index (χ0n) is 18.9. The molecule has 4 N–H and O–H groups in total. The molecule has 2 aromatic heterocycles. The third-order valence-corrected chi connectivity index (χ3v) is 9.58. The average molecular weight is 571 g/mol. The number of aliphatic hydroxyl groups is 1. The molecule has 0 radical (unpaired) electrons. The van der Waals surface area contributed by atoms with Crippen LogP contribution >= 0.6 is 11.3 Å². The van der Waals surface area contributed by atoms with E-state index >= 15 is 0 Å². The Bertz CT molecular complexity index is 1380. The molecule has 0 saturated carbocycles. The number of nitrogens with two attached hydrogens (primary N) is 1. The molecule has 9 nitrogen and oxygen atoms in total. The molecule has 0 aliphatic carbocycles. The first-order chi connectivity index (χ1) is 17.1. The number of benzene rings is 1. The number of nitrogens with zero attached hydrogens (tertiary/aromatic N) is 4. The first-order valence-corrected chi connectivity index (χ1v) is 12.8. The van der Waals surface area contributed by atoms with E-state index < -0.39 is 54.5 Å². The van der Waals surface area contributed by atoms with Gasteiger partial charge in [0.1, 0.15) is 10.5 Å². The van der Waals surface area contributed by atoms with Gasteiger partial charge in [0, 0.05) is 37.1 Å². The first kappa shape index (κ1) is 27.2. The summed E-state index contributed by atoms with van der Waals surface area (Å²) in [5.74, 6) is -0.934. The number of piperazine rings is 1. The van der Waals surface area contributed by atoms with Crippen LogP contribution < -0.4 is 10.6 Å². The number of halogens is 6. The largest absolute Gasteiger partial charge is 0.429 e. The SMILES string of the molecule is C[C@@H]1CN(c2ccc(N)cc2C(F)(F)F)CCN1S(=O)(=O)c1ccc(C(O)(c2ncn[nH]2)C(F)(F)F)s1. The van der Waals surface area contributed by atoms with Crippen LogP contribution in [0.2, 0.25) is 0 Å². The van der Waals surface area contributed by atoms with Gasteiger partial charge in [0.25, 0.3) is 15.6 Å². The van der Waals surface area contributed by atoms with Crippen LogP contribution in [0, 0.1) is 0 Å². The Balaban J connectivity index is 1.61. The lowest BCUT2D eigenvalue weighted by Gasteiger charge is -2.40. The number of hydrogen-bond donors (Lipinski definition) is 3. The quantitative estimate of drug-likeness (QED) is 0.318. The number of anilines is 2. The van der Waals surface area contributed by atoms with Gasteiger partial charge in [-0.15, -0.1) is 11.3 Å². The molecule has 1 unspecified atom stereocenters. The maximum atomic E-state index is 13.8. The second-order valence-electron chi connectivity index (χ2n) is 8.35. The van der Waals surface area contributed by atoms with Crippen molar-refractivity contribution in [1.82, 2.24) is 19.5 Å². The van der Waals surface area contributed by atoms with E-state index in [1.165, 1.54) is 24.0 Å². The number of sulfonamides is 1. The van der Waals surface area contributed by atoms with Crippen molar-refractivity contribution in [2.75, 3.05) is 30.3 Å². The Hall–Kier alpha value is -2.89. The zero-order valence-corrected chi connectivity index (χ0v) is 20.5. The zero-order chi connectivity index (χ0) is 27.4. The number of rotatable bonds is 5. The molecule has 0 amide bonds. The maximum absolute atomic E-state index is 13.8. The van der Waals surface area contributed by atoms with Crippen molar-refractivity contribution in [2.45, 2.75) is 35.1 Å². The molecule has 3 aromatic rings. The minimum Gasteiger partial charge on any atom is -0.399 e. The monoisotopic (exact) mass is 570 g/mol. The molecule has 1 aliphatic heterocycles. The van der Waals surface area contributed by atoms with Gasteiger partial charge in [0.05, 0.1) is 10.4 Å². The van der Waals surface area contributed by atoms with Crippen molar-refractivity contribution in [3.05, 3.63) is 52.9 Å². The number of thiophene rings is 1. The van der Waals surface area contributed by atoms with E-state index in [4.69, 9.17) is 5.73 Å². The predicted octanol–water partition coefficient (Wildman–Crippen LogP) is 3.16. The summed E-state index contributed by atoms with van der Waals surface area (Å²) in [5.41, 5.74) is 0.681. The van der Waals surface area contributed by atoms with Crippen LogP contribution in [0.25, 0.3) is 0 Å². The van der Waals surface area contributed by atoms with E-state index in [1.54, 1.807) is 0 Å². The molecule has 1 aliphatic rings. The molecule has 1 fully saturated rings. The molecule has 0 spiro atoms. The molecule has 4 rings (SSSR count). The van der Waals surface area contributed by atoms with Gasteiger partial charge >= 0.3 is 12.4 Å². The lowest BCUT2D eigenvalue weighted by molar-refractivity contribution is -0.249. The summed E-state index contributed by atoms with van der Waals surface area (Å²) in [6.45, 7) is 1.02. The summed E-state index contributed by atoms with van der Waals surface area (Å²) < 4.78 is 109. The fourth-order valence-electron chi connectivity index (χ4n) is 4.11. The number of hydrogen-bond acceptors (Lipinski definition) is 8. The fraction of sp³-hybridized carbons (Fsp3) is 0.400. The van der Waals surface area contributed by atoms with Crippen LogP contribution in [0.1, 0.15) is 23.2 Å². The number of alkyl halides is 6. The van der Waals surface area contributed by atoms with E-state index in [1.807, 2.05) is 5.10 Å². The molecular weight excluding hydrogens is 550 g/mol. The lowest BCUT2D eigenvalue weighted by atomic mass is 10.0. The molecule has 2 atom stereocenters. The van der Waals surface area contributed by atoms with Gasteiger partial charge in [-0.1, -0.05) is 0 Å². The standard InChI is InChI=1S/C20H20F6N6O3S2/c1-11-9-31(14-3-2-12(27)8-13(14)19(21,22)23)6-7-32(11)37(34,35)16-5-4-15(36-16)18(33,20(24,25)26)17-28-10-29-30-17/h2-5,8,10-11,33H,6-7,9,27H2,1H3,(H,28,29,30)/t11-,18?/m1/s1. The van der Waals surface area contributed by atoms with Gasteiger partial charge in [0.15, 0.2) is 5.82 Å². The van der Waals surface area contributed by atoms with E-state index in [0.717, 1.165) is 28.8 Å². The maximum Gasteiger partial charge on any atom is 0.429 e.